The van der Waals surface area contributed by atoms with Gasteiger partial charge in [-0.3, -0.25) is 9.80 Å². The first-order valence-corrected chi connectivity index (χ1v) is 11.2. The number of hydrogen-bond donors (Lipinski definition) is 1. The van der Waals surface area contributed by atoms with Crippen LogP contribution in [0.2, 0.25) is 0 Å². The van der Waals surface area contributed by atoms with Gasteiger partial charge < -0.3 is 14.7 Å². The predicted octanol–water partition coefficient (Wildman–Crippen LogP) is 4.62. The Morgan fingerprint density at radius 3 is 2.67 bits per heavy atom. The van der Waals surface area contributed by atoms with Gasteiger partial charge in [0.1, 0.15) is 5.76 Å². The third kappa shape index (κ3) is 3.84. The highest BCUT2D eigenvalue weighted by Crippen LogP contribution is 2.41. The van der Waals surface area contributed by atoms with Crippen LogP contribution in [0.1, 0.15) is 42.9 Å². The molecule has 0 saturated carbocycles. The molecule has 0 radical (unpaired) electrons. The molecule has 0 spiro atoms. The van der Waals surface area contributed by atoms with E-state index < -0.39 is 17.7 Å². The molecule has 1 fully saturated rings. The number of ether oxygens (including phenoxy) is 1. The molecule has 6 nitrogen and oxygen atoms in total. The maximum Gasteiger partial charge on any atom is 0.276 e. The topological polar surface area (TPSA) is 56.2 Å². The number of hydrogen-bond acceptors (Lipinski definition) is 5. The summed E-state index contributed by atoms with van der Waals surface area (Å²) in [5.41, 5.74) is 1.46. The minimum absolute atomic E-state index is 0.0159. The van der Waals surface area contributed by atoms with Crippen molar-refractivity contribution in [1.82, 2.24) is 14.9 Å². The van der Waals surface area contributed by atoms with Crippen molar-refractivity contribution < 1.29 is 23.4 Å². The Balaban J connectivity index is 1.73. The largest absolute Gasteiger partial charge is 0.510 e. The Labute approximate surface area is 190 Å². The number of aliphatic hydroxyl groups excluding tert-OH is 1. The van der Waals surface area contributed by atoms with E-state index in [-0.39, 0.29) is 42.8 Å². The molecule has 2 atom stereocenters. The second kappa shape index (κ2) is 8.86. The molecule has 2 aromatic rings. The van der Waals surface area contributed by atoms with Gasteiger partial charge in [-0.25, -0.2) is 4.39 Å². The van der Waals surface area contributed by atoms with Crippen LogP contribution in [0, 0.1) is 11.6 Å². The predicted molar refractivity (Wildman–Crippen MR) is 118 cm³/mol. The van der Waals surface area contributed by atoms with Crippen molar-refractivity contribution in [3.05, 3.63) is 89.0 Å². The molecule has 2 aromatic carbocycles. The standard InChI is InChI=1S/C25H25F2N3O3/c26-19-12-11-18-22(17-8-3-1-4-9-17)30-16-28(13-5-2-6-15-33-24(18)21(19)27)25(32)23-20(31)10-7-14-29(23)30/h1,3-4,7-9,11-12,14,22,31H,2,5-6,10,13,15-16H2/t22-/m0/s1. The van der Waals surface area contributed by atoms with Crippen LogP contribution in [-0.4, -0.2) is 45.8 Å². The van der Waals surface area contributed by atoms with Crippen LogP contribution in [-0.2, 0) is 4.79 Å². The zero-order valence-electron chi connectivity index (χ0n) is 18.1. The van der Waals surface area contributed by atoms with Crippen LogP contribution < -0.4 is 4.74 Å². The number of aliphatic hydroxyl groups is 1. The van der Waals surface area contributed by atoms with Crippen molar-refractivity contribution >= 4 is 5.91 Å². The van der Waals surface area contributed by atoms with Crippen LogP contribution in [0.25, 0.3) is 0 Å². The lowest BCUT2D eigenvalue weighted by Crippen LogP contribution is -2.58. The maximum absolute atomic E-state index is 15.0. The average molecular weight is 453 g/mol. The number of benzene rings is 2. The molecule has 172 valence electrons. The monoisotopic (exact) mass is 453 g/mol. The van der Waals surface area contributed by atoms with E-state index in [1.807, 2.05) is 35.3 Å². The van der Waals surface area contributed by atoms with E-state index in [0.29, 0.717) is 18.5 Å². The molecule has 33 heavy (non-hydrogen) atoms. The number of allylic oxidation sites excluding steroid dienone is 1. The molecule has 1 unspecified atom stereocenters. The molecular formula is C25H25F2N3O3. The number of halogens is 2. The first-order chi connectivity index (χ1) is 16.1. The highest BCUT2D eigenvalue weighted by Gasteiger charge is 2.42. The van der Waals surface area contributed by atoms with Crippen LogP contribution >= 0.6 is 0 Å². The lowest BCUT2D eigenvalue weighted by Gasteiger charge is -2.48. The van der Waals surface area contributed by atoms with Gasteiger partial charge in [0.2, 0.25) is 5.82 Å². The first kappa shape index (κ1) is 21.5. The number of fused-ring (bicyclic) bond motifs is 5. The Hall–Kier alpha value is -3.39. The third-order valence-electron chi connectivity index (χ3n) is 6.25. The summed E-state index contributed by atoms with van der Waals surface area (Å²) >= 11 is 0. The summed E-state index contributed by atoms with van der Waals surface area (Å²) in [7, 11) is 0. The zero-order valence-corrected chi connectivity index (χ0v) is 18.1. The number of rotatable bonds is 1. The van der Waals surface area contributed by atoms with Crippen LogP contribution in [0.4, 0.5) is 8.78 Å². The van der Waals surface area contributed by atoms with Gasteiger partial charge in [0.25, 0.3) is 5.91 Å². The Morgan fingerprint density at radius 2 is 1.85 bits per heavy atom. The second-order valence-corrected chi connectivity index (χ2v) is 8.38. The van der Waals surface area contributed by atoms with E-state index in [1.165, 1.54) is 6.07 Å². The number of carbonyl (C=O) groups excluding carboxylic acids is 1. The Bertz CT molecular complexity index is 1120. The van der Waals surface area contributed by atoms with E-state index in [2.05, 4.69) is 0 Å². The summed E-state index contributed by atoms with van der Waals surface area (Å²) in [6.07, 6.45) is 5.93. The van der Waals surface area contributed by atoms with Crippen molar-refractivity contribution in [3.63, 3.8) is 0 Å². The van der Waals surface area contributed by atoms with Crippen molar-refractivity contribution in [2.45, 2.75) is 31.7 Å². The molecular weight excluding hydrogens is 428 g/mol. The normalized spacial score (nSPS) is 23.3. The van der Waals surface area contributed by atoms with E-state index in [4.69, 9.17) is 4.74 Å². The number of amides is 1. The highest BCUT2D eigenvalue weighted by molar-refractivity contribution is 5.94. The SMILES string of the molecule is O=C1C2=C(O)CC=CN2N2CN1CCCCCOc1c(ccc(F)c1F)[C@@H]2c1ccccc1. The van der Waals surface area contributed by atoms with Gasteiger partial charge in [-0.2, -0.15) is 9.40 Å². The molecule has 1 amide bonds. The molecule has 0 aromatic heterocycles. The molecule has 3 heterocycles. The van der Waals surface area contributed by atoms with E-state index in [0.717, 1.165) is 24.5 Å². The summed E-state index contributed by atoms with van der Waals surface area (Å²) in [5, 5.41) is 14.1. The lowest BCUT2D eigenvalue weighted by atomic mass is 9.96. The minimum Gasteiger partial charge on any atom is -0.510 e. The quantitative estimate of drug-likeness (QED) is 0.683. The molecule has 1 N–H and O–H groups in total. The summed E-state index contributed by atoms with van der Waals surface area (Å²) in [5.74, 6) is -2.37. The smallest absolute Gasteiger partial charge is 0.276 e. The highest BCUT2D eigenvalue weighted by atomic mass is 19.2. The molecule has 1 saturated heterocycles. The summed E-state index contributed by atoms with van der Waals surface area (Å²) in [6, 6.07) is 11.5. The minimum atomic E-state index is -1.02. The van der Waals surface area contributed by atoms with E-state index in [9.17, 15) is 14.3 Å². The molecule has 3 aliphatic heterocycles. The van der Waals surface area contributed by atoms with Crippen molar-refractivity contribution in [3.8, 4) is 5.75 Å². The fraction of sp³-hybridized carbons (Fsp3) is 0.320. The van der Waals surface area contributed by atoms with Crippen molar-refractivity contribution in [2.75, 3.05) is 19.8 Å². The molecule has 5 rings (SSSR count). The fourth-order valence-electron chi connectivity index (χ4n) is 4.65. The van der Waals surface area contributed by atoms with Gasteiger partial charge in [-0.15, -0.1) is 0 Å². The Morgan fingerprint density at radius 1 is 1.03 bits per heavy atom. The van der Waals surface area contributed by atoms with E-state index >= 15 is 4.39 Å². The number of nitrogens with zero attached hydrogens (tertiary/aromatic N) is 3. The molecule has 0 aliphatic carbocycles. The van der Waals surface area contributed by atoms with Crippen LogP contribution in [0.5, 0.6) is 5.75 Å². The number of carbonyl (C=O) groups is 1. The average Bonchev–Trinajstić information content (AvgIpc) is 2.82. The van der Waals surface area contributed by atoms with Gasteiger partial charge in [-0.05, 0) is 30.9 Å². The zero-order chi connectivity index (χ0) is 22.9. The lowest BCUT2D eigenvalue weighted by molar-refractivity contribution is -0.149. The van der Waals surface area contributed by atoms with Gasteiger partial charge in [0.05, 0.1) is 19.3 Å². The summed E-state index contributed by atoms with van der Waals surface area (Å²) in [6.45, 7) is 0.992. The van der Waals surface area contributed by atoms with Crippen molar-refractivity contribution in [1.29, 1.82) is 0 Å². The molecule has 3 aliphatic rings. The maximum atomic E-state index is 15.0. The fourth-order valence-corrected chi connectivity index (χ4v) is 4.65. The molecule has 2 bridgehead atoms. The van der Waals surface area contributed by atoms with Crippen LogP contribution in [0.3, 0.4) is 0 Å². The molecule has 8 heteroatoms. The van der Waals surface area contributed by atoms with Crippen molar-refractivity contribution in [2.24, 2.45) is 0 Å². The van der Waals surface area contributed by atoms with Crippen LogP contribution in [0.15, 0.2) is 66.2 Å². The third-order valence-corrected chi connectivity index (χ3v) is 6.25. The van der Waals surface area contributed by atoms with Gasteiger partial charge in [0, 0.05) is 24.7 Å². The second-order valence-electron chi connectivity index (χ2n) is 8.38. The van der Waals surface area contributed by atoms with Gasteiger partial charge >= 0.3 is 0 Å². The van der Waals surface area contributed by atoms with Gasteiger partial charge in [-0.1, -0.05) is 42.5 Å². The summed E-state index contributed by atoms with van der Waals surface area (Å²) in [4.78, 5) is 15.0. The van der Waals surface area contributed by atoms with E-state index in [1.54, 1.807) is 22.2 Å². The Kier molecular flexibility index (Phi) is 5.76. The number of hydrazine groups is 1. The first-order valence-electron chi connectivity index (χ1n) is 11.2. The van der Waals surface area contributed by atoms with Gasteiger partial charge in [0.15, 0.2) is 17.3 Å². The summed E-state index contributed by atoms with van der Waals surface area (Å²) < 4.78 is 35.1.